The van der Waals surface area contributed by atoms with E-state index < -0.39 is 42.1 Å². The van der Waals surface area contributed by atoms with Crippen molar-refractivity contribution < 1.29 is 34.3 Å². The molecule has 0 atom stereocenters. The monoisotopic (exact) mass is 436 g/mol. The first-order valence-corrected chi connectivity index (χ1v) is 9.67. The van der Waals surface area contributed by atoms with Gasteiger partial charge in [0.2, 0.25) is 7.14 Å². The van der Waals surface area contributed by atoms with Crippen LogP contribution in [0.25, 0.3) is 0 Å². The van der Waals surface area contributed by atoms with Gasteiger partial charge in [-0.05, 0) is 36.4 Å². The average molecular weight is 436 g/mol. The molecule has 0 spiro atoms. The first-order chi connectivity index (χ1) is 13.7. The fraction of sp³-hybridized carbons (Fsp3) is 0. The first-order valence-electron chi connectivity index (χ1n) is 7.96. The van der Waals surface area contributed by atoms with Gasteiger partial charge in [-0.2, -0.15) is 0 Å². The van der Waals surface area contributed by atoms with Crippen LogP contribution in [0.3, 0.4) is 0 Å². The van der Waals surface area contributed by atoms with E-state index in [0.29, 0.717) is 0 Å². The van der Waals surface area contributed by atoms with Crippen LogP contribution in [-0.2, 0) is 4.57 Å². The molecule has 3 heterocycles. The van der Waals surface area contributed by atoms with Crippen LogP contribution in [0, 0.1) is 0 Å². The fourth-order valence-corrected chi connectivity index (χ4v) is 4.84. The number of carboxylic acids is 3. The molecule has 0 fully saturated rings. The molecule has 30 heavy (non-hydrogen) atoms. The summed E-state index contributed by atoms with van der Waals surface area (Å²) in [6, 6.07) is 11.4. The van der Waals surface area contributed by atoms with E-state index >= 15 is 0 Å². The Kier molecular flexibility index (Phi) is 7.22. The molecule has 3 N–H and O–H groups in total. The van der Waals surface area contributed by atoms with E-state index in [1.54, 1.807) is 0 Å². The van der Waals surface area contributed by atoms with Gasteiger partial charge < -0.3 is 19.9 Å². The maximum Gasteiger partial charge on any atom is 0.354 e. The number of aromatic carboxylic acids is 3. The van der Waals surface area contributed by atoms with Gasteiger partial charge in [-0.3, -0.25) is 0 Å². The Hall–Kier alpha value is -2.91. The summed E-state index contributed by atoms with van der Waals surface area (Å²) in [5, 5.41) is 27.6. The van der Waals surface area contributed by atoms with Gasteiger partial charge in [0.05, 0.1) is 0 Å². The second kappa shape index (κ2) is 9.27. The molecule has 0 aliphatic rings. The Morgan fingerprint density at radius 2 is 0.867 bits per heavy atom. The number of rotatable bonds is 6. The average Bonchev–Trinajstić information content (AvgIpc) is 2.73. The summed E-state index contributed by atoms with van der Waals surface area (Å²) in [6.07, 6.45) is 0. The summed E-state index contributed by atoms with van der Waals surface area (Å²) in [5.74, 6) is -4.09. The van der Waals surface area contributed by atoms with E-state index in [0.717, 1.165) is 0 Å². The van der Waals surface area contributed by atoms with Crippen LogP contribution in [0.5, 0.6) is 0 Å². The van der Waals surface area contributed by atoms with E-state index in [9.17, 15) is 34.3 Å². The molecule has 12 heteroatoms. The Bertz CT molecular complexity index is 1060. The zero-order valence-electron chi connectivity index (χ0n) is 15.5. The molecule has 3 rings (SSSR count). The second-order valence-electron chi connectivity index (χ2n) is 5.67. The van der Waals surface area contributed by atoms with E-state index in [2.05, 4.69) is 15.0 Å². The number of hydrogen-bond donors (Lipinski definition) is 3. The number of carboxylic acid groups (broad SMARTS) is 3. The summed E-state index contributed by atoms with van der Waals surface area (Å²) in [6.45, 7) is 0. The van der Waals surface area contributed by atoms with Crippen molar-refractivity contribution in [1.29, 1.82) is 0 Å². The van der Waals surface area contributed by atoms with Gasteiger partial charge in [0.15, 0.2) is 0 Å². The molecular weight excluding hydrogens is 424 g/mol. The van der Waals surface area contributed by atoms with Crippen molar-refractivity contribution in [1.82, 2.24) is 15.0 Å². The van der Waals surface area contributed by atoms with Gasteiger partial charge in [0, 0.05) is 29.6 Å². The van der Waals surface area contributed by atoms with Crippen LogP contribution in [0.1, 0.15) is 31.5 Å². The van der Waals surface area contributed by atoms with Gasteiger partial charge in [-0.15, -0.1) is 0 Å². The Morgan fingerprint density at radius 3 is 1.10 bits per heavy atom. The van der Waals surface area contributed by atoms with Crippen LogP contribution in [0.4, 0.5) is 0 Å². The summed E-state index contributed by atoms with van der Waals surface area (Å²) in [7, 11) is -4.10. The molecule has 0 saturated heterocycles. The molecule has 10 nitrogen and oxygen atoms in total. The Balaban J connectivity index is 0.00000320. The molecule has 0 unspecified atom stereocenters. The van der Waals surface area contributed by atoms with Gasteiger partial charge in [0.25, 0.3) is 0 Å². The maximum absolute atomic E-state index is 14.2. The molecule has 0 aliphatic carbocycles. The zero-order chi connectivity index (χ0) is 21.2. The van der Waals surface area contributed by atoms with Gasteiger partial charge in [-0.1, -0.05) is 18.2 Å². The van der Waals surface area contributed by atoms with Crippen LogP contribution < -0.4 is 16.3 Å². The van der Waals surface area contributed by atoms with E-state index in [4.69, 9.17) is 0 Å². The van der Waals surface area contributed by atoms with Gasteiger partial charge >= 0.3 is 17.9 Å². The van der Waals surface area contributed by atoms with Crippen LogP contribution in [0.15, 0.2) is 54.6 Å². The van der Waals surface area contributed by atoms with Crippen molar-refractivity contribution in [2.24, 2.45) is 0 Å². The summed E-state index contributed by atoms with van der Waals surface area (Å²) in [4.78, 5) is 45.6. The Labute approximate surface area is 191 Å². The predicted molar refractivity (Wildman–Crippen MR) is 106 cm³/mol. The quantitative estimate of drug-likeness (QED) is 0.359. The molecule has 0 aliphatic heterocycles. The topological polar surface area (TPSA) is 168 Å². The van der Waals surface area contributed by atoms with Crippen LogP contribution in [-0.4, -0.2) is 77.7 Å². The molecule has 3 aromatic heterocycles. The SMILES string of the molecule is O=C(O)c1cccc(P(=O)(c2cccc(C(=O)O)n2)c2cccc(C(=O)O)n2)n1.[Na]. The third-order valence-corrected chi connectivity index (χ3v) is 6.51. The third kappa shape index (κ3) is 4.47. The van der Waals surface area contributed by atoms with Crippen molar-refractivity contribution in [3.63, 3.8) is 0 Å². The smallest absolute Gasteiger partial charge is 0.354 e. The number of carbonyl (C=O) groups is 3. The molecule has 0 saturated carbocycles. The second-order valence-corrected chi connectivity index (χ2v) is 8.26. The first kappa shape index (κ1) is 23.4. The molecule has 0 aromatic carbocycles. The van der Waals surface area contributed by atoms with Crippen LogP contribution in [0.2, 0.25) is 0 Å². The van der Waals surface area contributed by atoms with Crippen molar-refractivity contribution in [3.05, 3.63) is 71.7 Å². The van der Waals surface area contributed by atoms with Gasteiger partial charge in [0.1, 0.15) is 33.4 Å². The summed E-state index contributed by atoms with van der Waals surface area (Å²) < 4.78 is 14.2. The van der Waals surface area contributed by atoms with E-state index in [-0.39, 0.29) is 45.9 Å². The largest absolute Gasteiger partial charge is 0.477 e. The third-order valence-electron chi connectivity index (χ3n) is 3.83. The minimum atomic E-state index is -4.10. The molecular formula is C18H12N3NaO7P. The van der Waals surface area contributed by atoms with Crippen molar-refractivity contribution in [2.75, 3.05) is 0 Å². The molecule has 1 radical (unpaired) electrons. The number of aromatic nitrogens is 3. The number of hydrogen-bond acceptors (Lipinski definition) is 7. The number of pyridine rings is 3. The zero-order valence-corrected chi connectivity index (χ0v) is 18.4. The van der Waals surface area contributed by atoms with E-state index in [1.165, 1.54) is 54.6 Å². The van der Waals surface area contributed by atoms with Crippen molar-refractivity contribution in [3.8, 4) is 0 Å². The van der Waals surface area contributed by atoms with E-state index in [1.807, 2.05) is 0 Å². The maximum atomic E-state index is 14.2. The summed E-state index contributed by atoms with van der Waals surface area (Å²) >= 11 is 0. The molecule has 0 bridgehead atoms. The Morgan fingerprint density at radius 1 is 0.600 bits per heavy atom. The predicted octanol–water partition coefficient (Wildman–Crippen LogP) is 0.225. The van der Waals surface area contributed by atoms with Crippen molar-refractivity contribution in [2.45, 2.75) is 0 Å². The molecule has 147 valence electrons. The molecule has 0 amide bonds. The van der Waals surface area contributed by atoms with Gasteiger partial charge in [-0.25, -0.2) is 29.3 Å². The fourth-order valence-electron chi connectivity index (χ4n) is 2.51. The minimum absolute atomic E-state index is 0. The number of nitrogens with zero attached hydrogens (tertiary/aromatic N) is 3. The normalized spacial score (nSPS) is 10.7. The standard InChI is InChI=1S/C18H12N3O7P.Na/c22-16(23)10-4-1-7-13(19-10)29(28,14-8-2-5-11(20-14)17(24)25)15-9-3-6-12(21-15)18(26)27;/h1-9H,(H,22,23)(H,24,25)(H,26,27);. The van der Waals surface area contributed by atoms with Crippen LogP contribution >= 0.6 is 7.14 Å². The minimum Gasteiger partial charge on any atom is -0.477 e. The van der Waals surface area contributed by atoms with Crippen molar-refractivity contribution >= 4 is 70.9 Å². The molecule has 3 aromatic rings. The summed E-state index contributed by atoms with van der Waals surface area (Å²) in [5.41, 5.74) is -1.85.